The molecule has 0 saturated heterocycles. The van der Waals surface area contributed by atoms with Crippen LogP contribution in [-0.4, -0.2) is 9.13 Å². The Bertz CT molecular complexity index is 1920. The third-order valence-electron chi connectivity index (χ3n) is 7.68. The van der Waals surface area contributed by atoms with E-state index in [0.29, 0.717) is 0 Å². The number of aryl methyl sites for hydroxylation is 2. The SMILES string of the molecule is CCCCc1cc(C)cc(-n2c3ccccc3c3ccc4c(c5ccccc5n4-c4ccccc4)c32)c1. The normalized spacial score (nSPS) is 11.8. The summed E-state index contributed by atoms with van der Waals surface area (Å²) in [7, 11) is 0. The molecule has 0 N–H and O–H groups in total. The van der Waals surface area contributed by atoms with Crippen molar-refractivity contribution in [1.29, 1.82) is 0 Å². The highest BCUT2D eigenvalue weighted by atomic mass is 15.0. The molecule has 37 heavy (non-hydrogen) atoms. The van der Waals surface area contributed by atoms with E-state index < -0.39 is 0 Å². The standard InChI is InChI=1S/C35H30N2/c1-3-4-12-25-21-24(2)22-27(23-25)37-31-17-10-8-15-28(31)29-19-20-33-34(35(29)37)30-16-9-11-18-32(30)36(33)26-13-6-5-7-14-26/h5-11,13-23H,3-4,12H2,1-2H3. The van der Waals surface area contributed by atoms with E-state index in [1.165, 1.54) is 79.0 Å². The maximum Gasteiger partial charge on any atom is 0.0641 e. The summed E-state index contributed by atoms with van der Waals surface area (Å²) >= 11 is 0. The number of unbranched alkanes of at least 4 members (excludes halogenated alkanes) is 1. The fraction of sp³-hybridized carbons (Fsp3) is 0.143. The summed E-state index contributed by atoms with van der Waals surface area (Å²) in [6.07, 6.45) is 3.54. The van der Waals surface area contributed by atoms with Gasteiger partial charge in [-0.1, -0.05) is 80.1 Å². The van der Waals surface area contributed by atoms with Gasteiger partial charge in [-0.25, -0.2) is 0 Å². The molecule has 0 bridgehead atoms. The average Bonchev–Trinajstić information content (AvgIpc) is 3.45. The number of para-hydroxylation sites is 3. The van der Waals surface area contributed by atoms with E-state index in [4.69, 9.17) is 0 Å². The molecule has 7 aromatic rings. The second kappa shape index (κ2) is 8.67. The molecule has 2 heteroatoms. The van der Waals surface area contributed by atoms with Gasteiger partial charge in [0.05, 0.1) is 22.1 Å². The first-order valence-electron chi connectivity index (χ1n) is 13.4. The number of hydrogen-bond acceptors (Lipinski definition) is 0. The molecule has 0 aliphatic heterocycles. The predicted octanol–water partition coefficient (Wildman–Crippen LogP) is 9.53. The fourth-order valence-electron chi connectivity index (χ4n) is 6.13. The third-order valence-corrected chi connectivity index (χ3v) is 7.68. The number of benzene rings is 5. The predicted molar refractivity (Wildman–Crippen MR) is 158 cm³/mol. The number of fused-ring (bicyclic) bond motifs is 7. The van der Waals surface area contributed by atoms with Crippen molar-refractivity contribution in [2.24, 2.45) is 0 Å². The van der Waals surface area contributed by atoms with Gasteiger partial charge in [-0.3, -0.25) is 0 Å². The molecule has 0 spiro atoms. The molecule has 2 aromatic heterocycles. The molecule has 2 nitrogen and oxygen atoms in total. The summed E-state index contributed by atoms with van der Waals surface area (Å²) in [4.78, 5) is 0. The van der Waals surface area contributed by atoms with E-state index in [1.54, 1.807) is 0 Å². The van der Waals surface area contributed by atoms with Crippen molar-refractivity contribution in [2.75, 3.05) is 0 Å². The summed E-state index contributed by atoms with van der Waals surface area (Å²) in [5, 5.41) is 5.20. The summed E-state index contributed by atoms with van der Waals surface area (Å²) in [5.41, 5.74) is 10.2. The van der Waals surface area contributed by atoms with Crippen molar-refractivity contribution in [3.8, 4) is 11.4 Å². The molecular weight excluding hydrogens is 448 g/mol. The first kappa shape index (κ1) is 21.9. The van der Waals surface area contributed by atoms with Crippen LogP contribution in [0.3, 0.4) is 0 Å². The molecule has 0 saturated carbocycles. The maximum absolute atomic E-state index is 2.51. The fourth-order valence-corrected chi connectivity index (χ4v) is 6.13. The first-order chi connectivity index (χ1) is 18.2. The smallest absolute Gasteiger partial charge is 0.0641 e. The molecule has 0 unspecified atom stereocenters. The van der Waals surface area contributed by atoms with Crippen molar-refractivity contribution >= 4 is 43.6 Å². The number of aromatic nitrogens is 2. The molecule has 2 heterocycles. The van der Waals surface area contributed by atoms with Gasteiger partial charge in [0.1, 0.15) is 0 Å². The molecule has 180 valence electrons. The van der Waals surface area contributed by atoms with Gasteiger partial charge in [-0.2, -0.15) is 0 Å². The molecule has 0 fully saturated rings. The third kappa shape index (κ3) is 3.40. The Morgan fingerprint density at radius 3 is 2.05 bits per heavy atom. The van der Waals surface area contributed by atoms with Crippen LogP contribution < -0.4 is 0 Å². The molecule has 0 aliphatic rings. The Morgan fingerprint density at radius 1 is 0.568 bits per heavy atom. The quantitative estimate of drug-likeness (QED) is 0.233. The van der Waals surface area contributed by atoms with Crippen molar-refractivity contribution in [3.63, 3.8) is 0 Å². The maximum atomic E-state index is 2.51. The minimum atomic E-state index is 1.12. The van der Waals surface area contributed by atoms with Crippen LogP contribution in [0.15, 0.2) is 109 Å². The van der Waals surface area contributed by atoms with Gasteiger partial charge >= 0.3 is 0 Å². The van der Waals surface area contributed by atoms with Gasteiger partial charge in [0.2, 0.25) is 0 Å². The molecule has 0 radical (unpaired) electrons. The largest absolute Gasteiger partial charge is 0.309 e. The second-order valence-corrected chi connectivity index (χ2v) is 10.2. The minimum absolute atomic E-state index is 1.12. The lowest BCUT2D eigenvalue weighted by atomic mass is 10.0. The molecular formula is C35H30N2. The molecule has 0 aliphatic carbocycles. The summed E-state index contributed by atoms with van der Waals surface area (Å²) in [6.45, 7) is 4.49. The highest BCUT2D eigenvalue weighted by molar-refractivity contribution is 6.26. The van der Waals surface area contributed by atoms with E-state index >= 15 is 0 Å². The zero-order chi connectivity index (χ0) is 24.9. The van der Waals surface area contributed by atoms with Crippen LogP contribution in [-0.2, 0) is 6.42 Å². The van der Waals surface area contributed by atoms with Crippen molar-refractivity contribution in [1.82, 2.24) is 9.13 Å². The van der Waals surface area contributed by atoms with Crippen LogP contribution in [0.4, 0.5) is 0 Å². The number of nitrogens with zero attached hydrogens (tertiary/aromatic N) is 2. The lowest BCUT2D eigenvalue weighted by Crippen LogP contribution is -1.98. The first-order valence-corrected chi connectivity index (χ1v) is 13.4. The van der Waals surface area contributed by atoms with Gasteiger partial charge in [0, 0.05) is 32.9 Å². The Labute approximate surface area is 217 Å². The van der Waals surface area contributed by atoms with Crippen LogP contribution in [0.5, 0.6) is 0 Å². The van der Waals surface area contributed by atoms with Crippen LogP contribution in [0, 0.1) is 6.92 Å². The Hall–Kier alpha value is -4.30. The summed E-state index contributed by atoms with van der Waals surface area (Å²) < 4.78 is 4.92. The van der Waals surface area contributed by atoms with E-state index in [-0.39, 0.29) is 0 Å². The van der Waals surface area contributed by atoms with Crippen LogP contribution in [0.25, 0.3) is 55.0 Å². The number of hydrogen-bond donors (Lipinski definition) is 0. The van der Waals surface area contributed by atoms with Crippen LogP contribution in [0.1, 0.15) is 30.9 Å². The lowest BCUT2D eigenvalue weighted by molar-refractivity contribution is 0.794. The number of rotatable bonds is 5. The van der Waals surface area contributed by atoms with Gasteiger partial charge in [-0.15, -0.1) is 0 Å². The summed E-state index contributed by atoms with van der Waals surface area (Å²) in [5.74, 6) is 0. The van der Waals surface area contributed by atoms with Crippen molar-refractivity contribution in [2.45, 2.75) is 33.1 Å². The monoisotopic (exact) mass is 478 g/mol. The highest BCUT2D eigenvalue weighted by Crippen LogP contribution is 2.42. The molecule has 7 rings (SSSR count). The van der Waals surface area contributed by atoms with Gasteiger partial charge < -0.3 is 9.13 Å². The van der Waals surface area contributed by atoms with E-state index in [1.807, 2.05) is 0 Å². The molecule has 0 amide bonds. The highest BCUT2D eigenvalue weighted by Gasteiger charge is 2.20. The molecule has 0 atom stereocenters. The Kier molecular flexibility index (Phi) is 5.14. The Balaban J connectivity index is 1.67. The zero-order valence-corrected chi connectivity index (χ0v) is 21.4. The summed E-state index contributed by atoms with van der Waals surface area (Å²) in [6, 6.07) is 40.2. The zero-order valence-electron chi connectivity index (χ0n) is 21.4. The second-order valence-electron chi connectivity index (χ2n) is 10.2. The van der Waals surface area contributed by atoms with E-state index in [2.05, 4.69) is 132 Å². The van der Waals surface area contributed by atoms with Crippen LogP contribution in [0.2, 0.25) is 0 Å². The van der Waals surface area contributed by atoms with Gasteiger partial charge in [0.15, 0.2) is 0 Å². The van der Waals surface area contributed by atoms with Crippen LogP contribution >= 0.6 is 0 Å². The lowest BCUT2D eigenvalue weighted by Gasteiger charge is -2.13. The van der Waals surface area contributed by atoms with Crippen molar-refractivity contribution in [3.05, 3.63) is 120 Å². The van der Waals surface area contributed by atoms with E-state index in [9.17, 15) is 0 Å². The minimum Gasteiger partial charge on any atom is -0.309 e. The van der Waals surface area contributed by atoms with Crippen molar-refractivity contribution < 1.29 is 0 Å². The average molecular weight is 479 g/mol. The van der Waals surface area contributed by atoms with E-state index in [0.717, 1.165) is 6.42 Å². The Morgan fingerprint density at radius 2 is 1.27 bits per heavy atom. The molecule has 5 aromatic carbocycles. The van der Waals surface area contributed by atoms with Gasteiger partial charge in [-0.05, 0) is 73.4 Å². The topological polar surface area (TPSA) is 9.86 Å². The van der Waals surface area contributed by atoms with Gasteiger partial charge in [0.25, 0.3) is 0 Å².